The van der Waals surface area contributed by atoms with Crippen molar-refractivity contribution in [3.63, 3.8) is 0 Å². The number of carbonyl (C=O) groups excluding carboxylic acids is 2. The SMILES string of the molecule is CCCC(=O)Oc1ccc(OCC(C)=O)cc1. The van der Waals surface area contributed by atoms with Crippen LogP contribution < -0.4 is 9.47 Å². The van der Waals surface area contributed by atoms with Gasteiger partial charge in [0.1, 0.15) is 18.1 Å². The highest BCUT2D eigenvalue weighted by Crippen LogP contribution is 2.18. The van der Waals surface area contributed by atoms with Gasteiger partial charge in [0, 0.05) is 6.42 Å². The van der Waals surface area contributed by atoms with Gasteiger partial charge in [0.05, 0.1) is 0 Å². The quantitative estimate of drug-likeness (QED) is 0.562. The largest absolute Gasteiger partial charge is 0.486 e. The van der Waals surface area contributed by atoms with Crippen LogP contribution in [0.2, 0.25) is 0 Å². The lowest BCUT2D eigenvalue weighted by Gasteiger charge is -2.06. The molecule has 0 atom stereocenters. The minimum absolute atomic E-state index is 0.0385. The molecular weight excluding hydrogens is 220 g/mol. The Balaban J connectivity index is 2.49. The highest BCUT2D eigenvalue weighted by Gasteiger charge is 2.03. The standard InChI is InChI=1S/C13H16O4/c1-3-4-13(15)17-12-7-5-11(6-8-12)16-9-10(2)14/h5-8H,3-4,9H2,1-2H3. The molecule has 0 aliphatic heterocycles. The number of hydrogen-bond acceptors (Lipinski definition) is 4. The van der Waals surface area contributed by atoms with Crippen molar-refractivity contribution in [2.75, 3.05) is 6.61 Å². The second-order valence-corrected chi connectivity index (χ2v) is 3.69. The Bertz CT molecular complexity index is 381. The first-order chi connectivity index (χ1) is 8.11. The maximum Gasteiger partial charge on any atom is 0.311 e. The van der Waals surface area contributed by atoms with Crippen molar-refractivity contribution in [3.8, 4) is 11.5 Å². The Kier molecular flexibility index (Phi) is 5.20. The molecule has 0 aliphatic rings. The summed E-state index contributed by atoms with van der Waals surface area (Å²) >= 11 is 0. The van der Waals surface area contributed by atoms with Gasteiger partial charge in [0.25, 0.3) is 0 Å². The van der Waals surface area contributed by atoms with Gasteiger partial charge in [-0.1, -0.05) is 6.92 Å². The third-order valence-corrected chi connectivity index (χ3v) is 1.95. The van der Waals surface area contributed by atoms with Gasteiger partial charge < -0.3 is 9.47 Å². The Labute approximate surface area is 101 Å². The highest BCUT2D eigenvalue weighted by atomic mass is 16.5. The van der Waals surface area contributed by atoms with Crippen LogP contribution in [0.15, 0.2) is 24.3 Å². The van der Waals surface area contributed by atoms with E-state index in [9.17, 15) is 9.59 Å². The van der Waals surface area contributed by atoms with E-state index in [0.29, 0.717) is 17.9 Å². The van der Waals surface area contributed by atoms with Crippen LogP contribution in [0.1, 0.15) is 26.7 Å². The van der Waals surface area contributed by atoms with Crippen LogP contribution in [-0.2, 0) is 9.59 Å². The number of Topliss-reactive ketones (excluding diaryl/α,β-unsaturated/α-hetero) is 1. The predicted octanol–water partition coefficient (Wildman–Crippen LogP) is 2.36. The van der Waals surface area contributed by atoms with Gasteiger partial charge in [0.2, 0.25) is 0 Å². The van der Waals surface area contributed by atoms with Crippen molar-refractivity contribution < 1.29 is 19.1 Å². The molecule has 92 valence electrons. The van der Waals surface area contributed by atoms with E-state index in [1.807, 2.05) is 6.92 Å². The molecule has 0 unspecified atom stereocenters. The molecule has 0 spiro atoms. The topological polar surface area (TPSA) is 52.6 Å². The first kappa shape index (κ1) is 13.2. The fourth-order valence-corrected chi connectivity index (χ4v) is 1.18. The van der Waals surface area contributed by atoms with Crippen LogP contribution in [0, 0.1) is 0 Å². The Hall–Kier alpha value is -1.84. The monoisotopic (exact) mass is 236 g/mol. The summed E-state index contributed by atoms with van der Waals surface area (Å²) in [5.74, 6) is 0.780. The van der Waals surface area contributed by atoms with Crippen LogP contribution in [0.4, 0.5) is 0 Å². The summed E-state index contributed by atoms with van der Waals surface area (Å²) in [4.78, 5) is 21.9. The van der Waals surface area contributed by atoms with E-state index >= 15 is 0 Å². The molecule has 0 aliphatic carbocycles. The summed E-state index contributed by atoms with van der Waals surface area (Å²) in [6.45, 7) is 3.43. The normalized spacial score (nSPS) is 9.76. The third kappa shape index (κ3) is 5.15. The van der Waals surface area contributed by atoms with Crippen LogP contribution >= 0.6 is 0 Å². The van der Waals surface area contributed by atoms with E-state index in [0.717, 1.165) is 6.42 Å². The number of carbonyl (C=O) groups is 2. The molecular formula is C13H16O4. The number of ketones is 1. The zero-order valence-electron chi connectivity index (χ0n) is 10.1. The molecule has 1 aromatic carbocycles. The fourth-order valence-electron chi connectivity index (χ4n) is 1.18. The number of esters is 1. The van der Waals surface area contributed by atoms with E-state index in [1.165, 1.54) is 6.92 Å². The summed E-state index contributed by atoms with van der Waals surface area (Å²) in [6, 6.07) is 6.61. The van der Waals surface area contributed by atoms with E-state index in [-0.39, 0.29) is 18.4 Å². The Morgan fingerprint density at radius 3 is 2.24 bits per heavy atom. The van der Waals surface area contributed by atoms with Gasteiger partial charge in [-0.05, 0) is 37.6 Å². The molecule has 0 N–H and O–H groups in total. The molecule has 4 heteroatoms. The van der Waals surface area contributed by atoms with Gasteiger partial charge >= 0.3 is 5.97 Å². The summed E-state index contributed by atoms with van der Waals surface area (Å²) in [5, 5.41) is 0. The van der Waals surface area contributed by atoms with E-state index < -0.39 is 0 Å². The summed E-state index contributed by atoms with van der Waals surface area (Å²) in [5.41, 5.74) is 0. The molecule has 0 heterocycles. The molecule has 0 radical (unpaired) electrons. The van der Waals surface area contributed by atoms with Crippen molar-refractivity contribution in [1.29, 1.82) is 0 Å². The lowest BCUT2D eigenvalue weighted by atomic mass is 10.3. The number of benzene rings is 1. The first-order valence-electron chi connectivity index (χ1n) is 5.54. The number of hydrogen-bond donors (Lipinski definition) is 0. The smallest absolute Gasteiger partial charge is 0.311 e. The zero-order chi connectivity index (χ0) is 12.7. The maximum atomic E-state index is 11.2. The van der Waals surface area contributed by atoms with Crippen molar-refractivity contribution in [2.45, 2.75) is 26.7 Å². The second-order valence-electron chi connectivity index (χ2n) is 3.69. The maximum absolute atomic E-state index is 11.2. The predicted molar refractivity (Wildman–Crippen MR) is 63.2 cm³/mol. The summed E-state index contributed by atoms with van der Waals surface area (Å²) < 4.78 is 10.3. The lowest BCUT2D eigenvalue weighted by Crippen LogP contribution is -2.07. The van der Waals surface area contributed by atoms with Crippen LogP contribution in [-0.4, -0.2) is 18.4 Å². The number of rotatable bonds is 6. The van der Waals surface area contributed by atoms with Crippen molar-refractivity contribution in [3.05, 3.63) is 24.3 Å². The average Bonchev–Trinajstić information content (AvgIpc) is 2.28. The molecule has 0 aromatic heterocycles. The lowest BCUT2D eigenvalue weighted by molar-refractivity contribution is -0.134. The average molecular weight is 236 g/mol. The van der Waals surface area contributed by atoms with Gasteiger partial charge in [0.15, 0.2) is 5.78 Å². The molecule has 4 nitrogen and oxygen atoms in total. The van der Waals surface area contributed by atoms with Crippen LogP contribution in [0.5, 0.6) is 11.5 Å². The molecule has 1 aromatic rings. The van der Waals surface area contributed by atoms with Gasteiger partial charge in [-0.2, -0.15) is 0 Å². The minimum atomic E-state index is -0.245. The van der Waals surface area contributed by atoms with E-state index in [4.69, 9.17) is 9.47 Å². The van der Waals surface area contributed by atoms with Gasteiger partial charge in [-0.3, -0.25) is 9.59 Å². The Morgan fingerprint density at radius 1 is 1.12 bits per heavy atom. The summed E-state index contributed by atoms with van der Waals surface area (Å²) in [7, 11) is 0. The fraction of sp³-hybridized carbons (Fsp3) is 0.385. The molecule has 0 saturated carbocycles. The van der Waals surface area contributed by atoms with Crippen molar-refractivity contribution in [1.82, 2.24) is 0 Å². The van der Waals surface area contributed by atoms with E-state index in [2.05, 4.69) is 0 Å². The molecule has 1 rings (SSSR count). The van der Waals surface area contributed by atoms with Crippen LogP contribution in [0.3, 0.4) is 0 Å². The van der Waals surface area contributed by atoms with Crippen molar-refractivity contribution >= 4 is 11.8 Å². The second kappa shape index (κ2) is 6.68. The van der Waals surface area contributed by atoms with E-state index in [1.54, 1.807) is 24.3 Å². The number of ether oxygens (including phenoxy) is 2. The summed E-state index contributed by atoms with van der Waals surface area (Å²) in [6.07, 6.45) is 1.17. The molecule has 17 heavy (non-hydrogen) atoms. The van der Waals surface area contributed by atoms with Gasteiger partial charge in [-0.15, -0.1) is 0 Å². The molecule has 0 bridgehead atoms. The van der Waals surface area contributed by atoms with Gasteiger partial charge in [-0.25, -0.2) is 0 Å². The molecule has 0 fully saturated rings. The molecule has 0 amide bonds. The Morgan fingerprint density at radius 2 is 1.71 bits per heavy atom. The molecule has 0 saturated heterocycles. The highest BCUT2D eigenvalue weighted by molar-refractivity contribution is 5.77. The van der Waals surface area contributed by atoms with Crippen molar-refractivity contribution in [2.24, 2.45) is 0 Å². The minimum Gasteiger partial charge on any atom is -0.486 e. The zero-order valence-corrected chi connectivity index (χ0v) is 10.1. The third-order valence-electron chi connectivity index (χ3n) is 1.95. The van der Waals surface area contributed by atoms with Crippen LogP contribution in [0.25, 0.3) is 0 Å². The first-order valence-corrected chi connectivity index (χ1v) is 5.54.